The molecule has 2 rings (SSSR count). The molecule has 0 aliphatic rings. The molecule has 0 fully saturated rings. The first-order chi connectivity index (χ1) is 7.58. The second-order valence-electron chi connectivity index (χ2n) is 2.95. The summed E-state index contributed by atoms with van der Waals surface area (Å²) in [6, 6.07) is 0. The van der Waals surface area contributed by atoms with Gasteiger partial charge in [0.25, 0.3) is 11.3 Å². The normalized spacial score (nSPS) is 12.8. The molecule has 2 N–H and O–H groups in total. The second-order valence-corrected chi connectivity index (χ2v) is 4.26. The number of aromatic nitrogens is 5. The van der Waals surface area contributed by atoms with Gasteiger partial charge >= 0.3 is 5.97 Å². The van der Waals surface area contributed by atoms with Crippen molar-refractivity contribution in [3.63, 3.8) is 0 Å². The van der Waals surface area contributed by atoms with Gasteiger partial charge in [-0.3, -0.25) is 14.6 Å². The van der Waals surface area contributed by atoms with Crippen LogP contribution in [0, 0.1) is 0 Å². The van der Waals surface area contributed by atoms with E-state index in [1.165, 1.54) is 11.4 Å². The number of aliphatic carboxylic acids is 1. The number of rotatable bonds is 3. The van der Waals surface area contributed by atoms with E-state index in [9.17, 15) is 9.59 Å². The summed E-state index contributed by atoms with van der Waals surface area (Å²) in [5.74, 6) is -0.765. The molecule has 9 heteroatoms. The lowest BCUT2D eigenvalue weighted by atomic mass is 10.5. The predicted octanol–water partition coefficient (Wildman–Crippen LogP) is -0.622. The molecule has 8 nitrogen and oxygen atoms in total. The lowest BCUT2D eigenvalue weighted by Gasteiger charge is -2.02. The largest absolute Gasteiger partial charge is 0.480 e. The van der Waals surface area contributed by atoms with Gasteiger partial charge in [0.2, 0.25) is 5.16 Å². The van der Waals surface area contributed by atoms with Crippen molar-refractivity contribution < 1.29 is 9.90 Å². The zero-order valence-corrected chi connectivity index (χ0v) is 8.93. The number of fused-ring (bicyclic) bond motifs is 1. The van der Waals surface area contributed by atoms with Crippen LogP contribution >= 0.6 is 11.8 Å². The van der Waals surface area contributed by atoms with Crippen LogP contribution in [0.3, 0.4) is 0 Å². The van der Waals surface area contributed by atoms with Gasteiger partial charge in [0.1, 0.15) is 11.4 Å². The maximum atomic E-state index is 10.9. The number of carbonyl (C=O) groups is 1. The molecule has 84 valence electrons. The first-order valence-electron chi connectivity index (χ1n) is 4.28. The maximum absolute atomic E-state index is 10.9. The molecule has 2 aromatic rings. The molecule has 2 aromatic heterocycles. The highest BCUT2D eigenvalue weighted by molar-refractivity contribution is 8.00. The first kappa shape index (κ1) is 10.6. The van der Waals surface area contributed by atoms with Crippen LogP contribution in [-0.2, 0) is 4.79 Å². The van der Waals surface area contributed by atoms with Gasteiger partial charge in [-0.25, -0.2) is 0 Å². The molecule has 1 atom stereocenters. The van der Waals surface area contributed by atoms with E-state index in [0.717, 1.165) is 18.0 Å². The van der Waals surface area contributed by atoms with Crippen LogP contribution in [0.25, 0.3) is 5.78 Å². The Labute approximate surface area is 92.7 Å². The summed E-state index contributed by atoms with van der Waals surface area (Å²) >= 11 is 0.999. The van der Waals surface area contributed by atoms with Crippen LogP contribution < -0.4 is 5.56 Å². The van der Waals surface area contributed by atoms with Crippen LogP contribution in [0.1, 0.15) is 6.92 Å². The smallest absolute Gasteiger partial charge is 0.316 e. The Hall–Kier alpha value is -1.90. The molecule has 16 heavy (non-hydrogen) atoms. The van der Waals surface area contributed by atoms with E-state index in [1.807, 2.05) is 0 Å². The zero-order chi connectivity index (χ0) is 11.7. The van der Waals surface area contributed by atoms with E-state index in [1.54, 1.807) is 0 Å². The molecule has 0 aromatic carbocycles. The number of carboxylic acids is 1. The summed E-state index contributed by atoms with van der Waals surface area (Å²) in [6.07, 6.45) is 1.08. The quantitative estimate of drug-likeness (QED) is 0.688. The Balaban J connectivity index is 2.39. The Kier molecular flexibility index (Phi) is 2.60. The number of nitrogens with zero attached hydrogens (tertiary/aromatic N) is 4. The third-order valence-electron chi connectivity index (χ3n) is 1.77. The van der Waals surface area contributed by atoms with Gasteiger partial charge < -0.3 is 5.11 Å². The van der Waals surface area contributed by atoms with Crippen molar-refractivity contribution in [3.05, 3.63) is 16.6 Å². The monoisotopic (exact) mass is 241 g/mol. The highest BCUT2D eigenvalue weighted by Crippen LogP contribution is 2.20. The van der Waals surface area contributed by atoms with E-state index >= 15 is 0 Å². The van der Waals surface area contributed by atoms with Crippen LogP contribution in [0.4, 0.5) is 0 Å². The maximum Gasteiger partial charge on any atom is 0.316 e. The van der Waals surface area contributed by atoms with E-state index in [0.29, 0.717) is 5.16 Å². The van der Waals surface area contributed by atoms with Crippen LogP contribution in [0.5, 0.6) is 0 Å². The first-order valence-corrected chi connectivity index (χ1v) is 5.16. The summed E-state index contributed by atoms with van der Waals surface area (Å²) < 4.78 is 1.28. The van der Waals surface area contributed by atoms with Gasteiger partial charge in [0.15, 0.2) is 0 Å². The molecule has 1 unspecified atom stereocenters. The van der Waals surface area contributed by atoms with Crippen molar-refractivity contribution in [2.45, 2.75) is 17.3 Å². The van der Waals surface area contributed by atoms with E-state index in [-0.39, 0.29) is 11.3 Å². The highest BCUT2D eigenvalue weighted by atomic mass is 32.2. The summed E-state index contributed by atoms with van der Waals surface area (Å²) in [5, 5.41) is 19.6. The van der Waals surface area contributed by atoms with Crippen molar-refractivity contribution in [2.75, 3.05) is 0 Å². The van der Waals surface area contributed by atoms with Gasteiger partial charge in [-0.2, -0.15) is 9.61 Å². The SMILES string of the molecule is CC(Sc1nnc2[nH]c(=O)cnn12)C(=O)O. The molecular weight excluding hydrogens is 234 g/mol. The van der Waals surface area contributed by atoms with Crippen molar-refractivity contribution in [1.29, 1.82) is 0 Å². The van der Waals surface area contributed by atoms with Crippen molar-refractivity contribution in [1.82, 2.24) is 24.8 Å². The van der Waals surface area contributed by atoms with Crippen LogP contribution in [0.15, 0.2) is 16.1 Å². The van der Waals surface area contributed by atoms with Gasteiger partial charge in [0.05, 0.1) is 0 Å². The minimum Gasteiger partial charge on any atom is -0.480 e. The predicted molar refractivity (Wildman–Crippen MR) is 54.4 cm³/mol. The Morgan fingerprint density at radius 1 is 1.62 bits per heavy atom. The summed E-state index contributed by atoms with van der Waals surface area (Å²) in [5.41, 5.74) is -0.386. The Morgan fingerprint density at radius 3 is 3.06 bits per heavy atom. The number of hydrogen-bond acceptors (Lipinski definition) is 6. The number of hydrogen-bond donors (Lipinski definition) is 2. The third-order valence-corrected chi connectivity index (χ3v) is 2.79. The Morgan fingerprint density at radius 2 is 2.38 bits per heavy atom. The standard InChI is InChI=1S/C7H7N5O3S/c1-3(5(14)15)16-7-11-10-6-9-4(13)2-8-12(6)7/h2-3H,1H3,(H,14,15)(H,9,10,13). The molecule has 0 aliphatic carbocycles. The van der Waals surface area contributed by atoms with Crippen LogP contribution in [-0.4, -0.2) is 41.1 Å². The van der Waals surface area contributed by atoms with E-state index in [4.69, 9.17) is 5.11 Å². The summed E-state index contributed by atoms with van der Waals surface area (Å²) in [7, 11) is 0. The highest BCUT2D eigenvalue weighted by Gasteiger charge is 2.17. The van der Waals surface area contributed by atoms with Crippen molar-refractivity contribution in [3.8, 4) is 0 Å². The molecular formula is C7H7N5O3S. The average Bonchev–Trinajstić information content (AvgIpc) is 2.60. The molecule has 2 heterocycles. The number of carboxylic acid groups (broad SMARTS) is 1. The zero-order valence-electron chi connectivity index (χ0n) is 8.12. The number of H-pyrrole nitrogens is 1. The lowest BCUT2D eigenvalue weighted by molar-refractivity contribution is -0.136. The van der Waals surface area contributed by atoms with Crippen molar-refractivity contribution >= 4 is 23.5 Å². The average molecular weight is 241 g/mol. The van der Waals surface area contributed by atoms with E-state index in [2.05, 4.69) is 20.3 Å². The topological polar surface area (TPSA) is 113 Å². The van der Waals surface area contributed by atoms with Gasteiger partial charge in [0, 0.05) is 0 Å². The fourth-order valence-electron chi connectivity index (χ4n) is 0.982. The summed E-state index contributed by atoms with van der Waals surface area (Å²) in [6.45, 7) is 1.53. The minimum atomic E-state index is -0.953. The number of nitrogens with one attached hydrogen (secondary N) is 1. The van der Waals surface area contributed by atoms with Crippen LogP contribution in [0.2, 0.25) is 0 Å². The van der Waals surface area contributed by atoms with Gasteiger partial charge in [-0.15, -0.1) is 10.2 Å². The molecule has 0 amide bonds. The second kappa shape index (κ2) is 3.93. The molecule has 0 radical (unpaired) electrons. The lowest BCUT2D eigenvalue weighted by Crippen LogP contribution is -2.13. The number of thioether (sulfide) groups is 1. The molecule has 0 saturated heterocycles. The molecule has 0 spiro atoms. The van der Waals surface area contributed by atoms with Crippen molar-refractivity contribution in [2.24, 2.45) is 0 Å². The third kappa shape index (κ3) is 1.89. The van der Waals surface area contributed by atoms with E-state index < -0.39 is 11.2 Å². The fourth-order valence-corrected chi connectivity index (χ4v) is 1.72. The molecule has 0 aliphatic heterocycles. The minimum absolute atomic E-state index is 0.188. The number of aromatic amines is 1. The summed E-state index contributed by atoms with van der Waals surface area (Å²) in [4.78, 5) is 24.0. The Bertz CT molecular complexity index is 591. The molecule has 0 bridgehead atoms. The van der Waals surface area contributed by atoms with Gasteiger partial charge in [-0.1, -0.05) is 11.8 Å². The fraction of sp³-hybridized carbons (Fsp3) is 0.286. The van der Waals surface area contributed by atoms with Gasteiger partial charge in [-0.05, 0) is 6.92 Å². The molecule has 0 saturated carbocycles.